The van der Waals surface area contributed by atoms with E-state index in [0.29, 0.717) is 0 Å². The average molecular weight is 264 g/mol. The van der Waals surface area contributed by atoms with Crippen LogP contribution >= 0.6 is 0 Å². The van der Waals surface area contributed by atoms with Gasteiger partial charge in [-0.05, 0) is 78.5 Å². The third-order valence-corrected chi connectivity index (χ3v) is 4.88. The maximum Gasteiger partial charge on any atom is -0.00172 e. The maximum atomic E-state index is 2.47. The molecule has 0 saturated carbocycles. The summed E-state index contributed by atoms with van der Waals surface area (Å²) < 4.78 is 0. The molecule has 2 aromatic carbocycles. The van der Waals surface area contributed by atoms with Crippen molar-refractivity contribution >= 4 is 0 Å². The molecule has 0 bridgehead atoms. The van der Waals surface area contributed by atoms with Crippen LogP contribution in [0.4, 0.5) is 0 Å². The Kier molecular flexibility index (Phi) is 3.41. The second-order valence-electron chi connectivity index (χ2n) is 6.11. The standard InChI is InChI=1S/C20H24/c1-5-15-10-18-11-17-9-13(3)7-8-16(17)12-20(18)19(6-2)14(15)4/h7-10H,5-6,11-12H2,1-4H3. The molecule has 0 radical (unpaired) electrons. The van der Waals surface area contributed by atoms with Gasteiger partial charge in [-0.25, -0.2) is 0 Å². The van der Waals surface area contributed by atoms with Crippen LogP contribution in [0.1, 0.15) is 58.4 Å². The van der Waals surface area contributed by atoms with E-state index in [0.717, 1.165) is 25.7 Å². The Morgan fingerprint density at radius 2 is 1.65 bits per heavy atom. The fourth-order valence-electron chi connectivity index (χ4n) is 3.73. The largest absolute Gasteiger partial charge is 0.0613 e. The van der Waals surface area contributed by atoms with E-state index in [1.165, 1.54) is 27.8 Å². The number of aryl methyl sites for hydroxylation is 2. The minimum absolute atomic E-state index is 1.12. The molecule has 104 valence electrons. The number of benzene rings is 2. The second kappa shape index (κ2) is 5.09. The summed E-state index contributed by atoms with van der Waals surface area (Å²) in [5, 5.41) is 0. The molecule has 20 heavy (non-hydrogen) atoms. The Labute approximate surface area is 122 Å². The van der Waals surface area contributed by atoms with Crippen LogP contribution in [0.15, 0.2) is 24.3 Å². The Bertz CT molecular complexity index is 662. The molecular weight excluding hydrogens is 240 g/mol. The van der Waals surface area contributed by atoms with Gasteiger partial charge in [-0.1, -0.05) is 43.7 Å². The Morgan fingerprint density at radius 1 is 0.850 bits per heavy atom. The SMILES string of the molecule is CCc1cc2c(c(CC)c1C)Cc1ccc(C)cc1C2. The molecule has 1 aliphatic rings. The van der Waals surface area contributed by atoms with Crippen molar-refractivity contribution < 1.29 is 0 Å². The van der Waals surface area contributed by atoms with Crippen LogP contribution in [0.3, 0.4) is 0 Å². The van der Waals surface area contributed by atoms with Gasteiger partial charge in [0.15, 0.2) is 0 Å². The van der Waals surface area contributed by atoms with Gasteiger partial charge in [-0.3, -0.25) is 0 Å². The van der Waals surface area contributed by atoms with E-state index in [4.69, 9.17) is 0 Å². The van der Waals surface area contributed by atoms with Crippen LogP contribution < -0.4 is 0 Å². The summed E-state index contributed by atoms with van der Waals surface area (Å²) >= 11 is 0. The first-order valence-electron chi connectivity index (χ1n) is 7.85. The molecule has 0 fully saturated rings. The van der Waals surface area contributed by atoms with Gasteiger partial charge in [0.05, 0.1) is 0 Å². The lowest BCUT2D eigenvalue weighted by Crippen LogP contribution is -2.13. The number of fused-ring (bicyclic) bond motifs is 2. The summed E-state index contributed by atoms with van der Waals surface area (Å²) in [7, 11) is 0. The quantitative estimate of drug-likeness (QED) is 0.616. The average Bonchev–Trinajstić information content (AvgIpc) is 2.45. The predicted octanol–water partition coefficient (Wildman–Crippen LogP) is 4.92. The number of hydrogen-bond acceptors (Lipinski definition) is 0. The molecule has 0 unspecified atom stereocenters. The zero-order valence-electron chi connectivity index (χ0n) is 13.1. The van der Waals surface area contributed by atoms with Crippen LogP contribution in [-0.4, -0.2) is 0 Å². The first-order chi connectivity index (χ1) is 9.63. The predicted molar refractivity (Wildman–Crippen MR) is 86.7 cm³/mol. The fourth-order valence-corrected chi connectivity index (χ4v) is 3.73. The van der Waals surface area contributed by atoms with Gasteiger partial charge in [-0.2, -0.15) is 0 Å². The molecular formula is C20H24. The van der Waals surface area contributed by atoms with Gasteiger partial charge in [0.25, 0.3) is 0 Å². The topological polar surface area (TPSA) is 0 Å². The molecule has 0 heterocycles. The van der Waals surface area contributed by atoms with Gasteiger partial charge in [0.2, 0.25) is 0 Å². The highest BCUT2D eigenvalue weighted by molar-refractivity contribution is 5.53. The Morgan fingerprint density at radius 3 is 2.35 bits per heavy atom. The van der Waals surface area contributed by atoms with Crippen LogP contribution in [0.5, 0.6) is 0 Å². The molecule has 3 rings (SSSR count). The third-order valence-electron chi connectivity index (χ3n) is 4.88. The van der Waals surface area contributed by atoms with Crippen molar-refractivity contribution in [2.24, 2.45) is 0 Å². The van der Waals surface area contributed by atoms with E-state index in [1.54, 1.807) is 16.7 Å². The van der Waals surface area contributed by atoms with Crippen LogP contribution in [-0.2, 0) is 25.7 Å². The smallest absolute Gasteiger partial charge is 0.00172 e. The van der Waals surface area contributed by atoms with Gasteiger partial charge in [-0.15, -0.1) is 0 Å². The van der Waals surface area contributed by atoms with Crippen molar-refractivity contribution in [1.29, 1.82) is 0 Å². The molecule has 2 aromatic rings. The summed E-state index contributed by atoms with van der Waals surface area (Å²) in [6.07, 6.45) is 4.54. The molecule has 1 aliphatic carbocycles. The Hall–Kier alpha value is -1.56. The summed E-state index contributed by atoms with van der Waals surface area (Å²) in [5.74, 6) is 0. The molecule has 0 spiro atoms. The van der Waals surface area contributed by atoms with E-state index in [2.05, 4.69) is 52.0 Å². The summed E-state index contributed by atoms with van der Waals surface area (Å²) in [5.41, 5.74) is 12.3. The first-order valence-corrected chi connectivity index (χ1v) is 7.85. The van der Waals surface area contributed by atoms with Gasteiger partial charge >= 0.3 is 0 Å². The number of hydrogen-bond donors (Lipinski definition) is 0. The van der Waals surface area contributed by atoms with Crippen LogP contribution in [0, 0.1) is 13.8 Å². The van der Waals surface area contributed by atoms with E-state index in [9.17, 15) is 0 Å². The summed E-state index contributed by atoms with van der Waals surface area (Å²) in [4.78, 5) is 0. The molecule has 0 amide bonds. The normalized spacial score (nSPS) is 13.0. The van der Waals surface area contributed by atoms with Crippen LogP contribution in [0.25, 0.3) is 0 Å². The highest BCUT2D eigenvalue weighted by Crippen LogP contribution is 2.33. The maximum absolute atomic E-state index is 2.47. The highest BCUT2D eigenvalue weighted by Gasteiger charge is 2.20. The lowest BCUT2D eigenvalue weighted by atomic mass is 9.79. The van der Waals surface area contributed by atoms with Crippen molar-refractivity contribution in [2.75, 3.05) is 0 Å². The molecule has 0 aromatic heterocycles. The molecule has 0 atom stereocenters. The van der Waals surface area contributed by atoms with Crippen molar-refractivity contribution in [3.05, 3.63) is 68.8 Å². The van der Waals surface area contributed by atoms with E-state index < -0.39 is 0 Å². The van der Waals surface area contributed by atoms with Gasteiger partial charge in [0.1, 0.15) is 0 Å². The van der Waals surface area contributed by atoms with E-state index in [1.807, 2.05) is 0 Å². The third kappa shape index (κ3) is 2.08. The minimum atomic E-state index is 1.12. The lowest BCUT2D eigenvalue weighted by molar-refractivity contribution is 0.927. The fraction of sp³-hybridized carbons (Fsp3) is 0.400. The highest BCUT2D eigenvalue weighted by atomic mass is 14.2. The van der Waals surface area contributed by atoms with Crippen molar-refractivity contribution in [2.45, 2.75) is 53.4 Å². The van der Waals surface area contributed by atoms with Gasteiger partial charge < -0.3 is 0 Å². The Balaban J connectivity index is 2.16. The zero-order valence-corrected chi connectivity index (χ0v) is 13.1. The molecule has 0 nitrogen and oxygen atoms in total. The van der Waals surface area contributed by atoms with E-state index in [-0.39, 0.29) is 0 Å². The first kappa shape index (κ1) is 13.4. The lowest BCUT2D eigenvalue weighted by Gasteiger charge is -2.25. The van der Waals surface area contributed by atoms with Crippen molar-refractivity contribution in [3.63, 3.8) is 0 Å². The molecule has 0 saturated heterocycles. The van der Waals surface area contributed by atoms with Gasteiger partial charge in [0, 0.05) is 0 Å². The summed E-state index contributed by atoms with van der Waals surface area (Å²) in [6, 6.07) is 9.42. The number of rotatable bonds is 2. The zero-order chi connectivity index (χ0) is 14.3. The van der Waals surface area contributed by atoms with Crippen molar-refractivity contribution in [3.8, 4) is 0 Å². The minimum Gasteiger partial charge on any atom is -0.0613 e. The van der Waals surface area contributed by atoms with Crippen molar-refractivity contribution in [1.82, 2.24) is 0 Å². The van der Waals surface area contributed by atoms with Crippen LogP contribution in [0.2, 0.25) is 0 Å². The summed E-state index contributed by atoms with van der Waals surface area (Å²) in [6.45, 7) is 9.07. The molecule has 0 aliphatic heterocycles. The monoisotopic (exact) mass is 264 g/mol. The second-order valence-corrected chi connectivity index (χ2v) is 6.11. The molecule has 0 heteroatoms. The van der Waals surface area contributed by atoms with E-state index >= 15 is 0 Å². The molecule has 0 N–H and O–H groups in total.